The summed E-state index contributed by atoms with van der Waals surface area (Å²) in [6, 6.07) is 15.4. The van der Waals surface area contributed by atoms with Crippen molar-refractivity contribution < 1.29 is 4.79 Å². The number of amides is 1. The summed E-state index contributed by atoms with van der Waals surface area (Å²) in [4.78, 5) is 13.2. The lowest BCUT2D eigenvalue weighted by molar-refractivity contribution is 0.0950. The minimum Gasteiger partial charge on any atom is -0.276 e. The Bertz CT molecular complexity index is 806. The molecule has 2 aromatic heterocycles. The molecule has 2 N–H and O–H groups in total. The van der Waals surface area contributed by atoms with Crippen LogP contribution in [0, 0.1) is 0 Å². The Morgan fingerprint density at radius 3 is 2.78 bits per heavy atom. The van der Waals surface area contributed by atoms with Gasteiger partial charge >= 0.3 is 0 Å². The van der Waals surface area contributed by atoms with E-state index >= 15 is 0 Å². The number of H-pyrrole nitrogens is 1. The Morgan fingerprint density at radius 2 is 2.09 bits per heavy atom. The van der Waals surface area contributed by atoms with Crippen molar-refractivity contribution in [2.45, 2.75) is 13.3 Å². The lowest BCUT2D eigenvalue weighted by Gasteiger charge is -2.03. The molecule has 1 amide bonds. The third kappa shape index (κ3) is 3.54. The fraction of sp³-hybridized carbons (Fsp3) is 0.118. The number of hydrogen-bond acceptors (Lipinski definition) is 4. The molecule has 0 aliphatic heterocycles. The predicted octanol–water partition coefficient (Wildman–Crippen LogP) is 3.68. The number of aromatic nitrogens is 2. The van der Waals surface area contributed by atoms with Crippen LogP contribution in [0.25, 0.3) is 10.6 Å². The van der Waals surface area contributed by atoms with Gasteiger partial charge in [0.25, 0.3) is 5.91 Å². The summed E-state index contributed by atoms with van der Waals surface area (Å²) in [5.41, 5.74) is 5.55. The number of nitrogens with zero attached hydrogens (tertiary/aromatic N) is 2. The van der Waals surface area contributed by atoms with E-state index in [1.165, 1.54) is 0 Å². The van der Waals surface area contributed by atoms with Gasteiger partial charge in [-0.3, -0.25) is 9.89 Å². The van der Waals surface area contributed by atoms with Gasteiger partial charge in [0.1, 0.15) is 0 Å². The third-order valence-corrected chi connectivity index (χ3v) is 4.23. The Kier molecular flexibility index (Phi) is 4.63. The lowest BCUT2D eigenvalue weighted by atomic mass is 10.1. The van der Waals surface area contributed by atoms with Gasteiger partial charge in [-0.15, -0.1) is 11.3 Å². The van der Waals surface area contributed by atoms with E-state index in [2.05, 4.69) is 20.7 Å². The van der Waals surface area contributed by atoms with Crippen LogP contribution in [0.2, 0.25) is 0 Å². The number of carbonyl (C=O) groups is 1. The summed E-state index contributed by atoms with van der Waals surface area (Å²) >= 11 is 1.59. The summed E-state index contributed by atoms with van der Waals surface area (Å²) in [7, 11) is 0. The van der Waals surface area contributed by atoms with Crippen molar-refractivity contribution in [1.29, 1.82) is 0 Å². The molecule has 0 aliphatic carbocycles. The van der Waals surface area contributed by atoms with Crippen molar-refractivity contribution >= 4 is 23.0 Å². The average Bonchev–Trinajstić information content (AvgIpc) is 3.27. The molecule has 5 nitrogen and oxygen atoms in total. The van der Waals surface area contributed by atoms with Crippen LogP contribution in [0.3, 0.4) is 0 Å². The molecule has 0 radical (unpaired) electrons. The van der Waals surface area contributed by atoms with Gasteiger partial charge < -0.3 is 0 Å². The molecule has 3 rings (SSSR count). The number of hydrogen-bond donors (Lipinski definition) is 2. The number of carbonyl (C=O) groups excluding carboxylic acids is 1. The highest BCUT2D eigenvalue weighted by Crippen LogP contribution is 2.22. The molecular weight excluding hydrogens is 308 g/mol. The SMILES string of the molecule is CCC(=NNC(=O)c1cc(-c2cccs2)[nH]n1)c1ccccc1. The standard InChI is InChI=1S/C17H16N4OS/c1-2-13(12-7-4-3-5-8-12)18-21-17(22)15-11-14(19-20-15)16-9-6-10-23-16/h3-11H,2H2,1H3,(H,19,20)(H,21,22). The Morgan fingerprint density at radius 1 is 1.26 bits per heavy atom. The van der Waals surface area contributed by atoms with Crippen LogP contribution in [-0.4, -0.2) is 21.8 Å². The number of hydrazone groups is 1. The number of benzene rings is 1. The minimum atomic E-state index is -0.328. The molecule has 0 fully saturated rings. The molecule has 0 saturated heterocycles. The Hall–Kier alpha value is -2.73. The van der Waals surface area contributed by atoms with Crippen molar-refractivity contribution in [1.82, 2.24) is 15.6 Å². The second kappa shape index (κ2) is 7.02. The molecule has 3 aromatic rings. The normalized spacial score (nSPS) is 11.4. The van der Waals surface area contributed by atoms with Gasteiger partial charge in [0.05, 0.1) is 16.3 Å². The zero-order valence-corrected chi connectivity index (χ0v) is 13.4. The Labute approximate surface area is 138 Å². The van der Waals surface area contributed by atoms with Crippen molar-refractivity contribution in [3.63, 3.8) is 0 Å². The van der Waals surface area contributed by atoms with Crippen LogP contribution < -0.4 is 5.43 Å². The van der Waals surface area contributed by atoms with Crippen LogP contribution in [0.5, 0.6) is 0 Å². The first-order chi connectivity index (χ1) is 11.3. The maximum Gasteiger partial charge on any atom is 0.291 e. The molecule has 6 heteroatoms. The number of aromatic amines is 1. The second-order valence-electron chi connectivity index (χ2n) is 4.86. The van der Waals surface area contributed by atoms with Crippen molar-refractivity contribution in [3.05, 3.63) is 65.2 Å². The smallest absolute Gasteiger partial charge is 0.276 e. The van der Waals surface area contributed by atoms with E-state index < -0.39 is 0 Å². The van der Waals surface area contributed by atoms with E-state index in [-0.39, 0.29) is 5.91 Å². The maximum atomic E-state index is 12.2. The topological polar surface area (TPSA) is 70.1 Å². The number of thiophene rings is 1. The second-order valence-corrected chi connectivity index (χ2v) is 5.81. The molecule has 116 valence electrons. The predicted molar refractivity (Wildman–Crippen MR) is 92.6 cm³/mol. The first-order valence-corrected chi connectivity index (χ1v) is 8.17. The van der Waals surface area contributed by atoms with Crippen molar-refractivity contribution in [2.75, 3.05) is 0 Å². The summed E-state index contributed by atoms with van der Waals surface area (Å²) in [5, 5.41) is 13.1. The zero-order valence-electron chi connectivity index (χ0n) is 12.6. The molecule has 0 aliphatic rings. The molecule has 0 saturated carbocycles. The molecule has 1 aromatic carbocycles. The van der Waals surface area contributed by atoms with Gasteiger partial charge in [-0.2, -0.15) is 10.2 Å². The Balaban J connectivity index is 1.73. The third-order valence-electron chi connectivity index (χ3n) is 3.33. The van der Waals surface area contributed by atoms with Crippen molar-refractivity contribution in [3.8, 4) is 10.6 Å². The van der Waals surface area contributed by atoms with Gasteiger partial charge in [0, 0.05) is 0 Å². The largest absolute Gasteiger partial charge is 0.291 e. The van der Waals surface area contributed by atoms with E-state index in [1.54, 1.807) is 17.4 Å². The lowest BCUT2D eigenvalue weighted by Crippen LogP contribution is -2.20. The number of nitrogens with one attached hydrogen (secondary N) is 2. The van der Waals surface area contributed by atoms with E-state index in [0.717, 1.165) is 28.3 Å². The average molecular weight is 324 g/mol. The van der Waals surface area contributed by atoms with Crippen LogP contribution in [0.4, 0.5) is 0 Å². The number of rotatable bonds is 5. The first kappa shape index (κ1) is 15.2. The highest BCUT2D eigenvalue weighted by molar-refractivity contribution is 7.13. The molecule has 0 unspecified atom stereocenters. The first-order valence-electron chi connectivity index (χ1n) is 7.29. The van der Waals surface area contributed by atoms with Crippen LogP contribution >= 0.6 is 11.3 Å². The zero-order chi connectivity index (χ0) is 16.1. The van der Waals surface area contributed by atoms with E-state index in [9.17, 15) is 4.79 Å². The van der Waals surface area contributed by atoms with Gasteiger partial charge in [-0.25, -0.2) is 5.43 Å². The fourth-order valence-corrected chi connectivity index (χ4v) is 2.84. The molecular formula is C17H16N4OS. The van der Waals surface area contributed by atoms with Gasteiger partial charge in [0.15, 0.2) is 5.69 Å². The molecule has 0 spiro atoms. The van der Waals surface area contributed by atoms with Crippen LogP contribution in [0.15, 0.2) is 59.0 Å². The summed E-state index contributed by atoms with van der Waals surface area (Å²) in [6.45, 7) is 2.00. The van der Waals surface area contributed by atoms with Gasteiger partial charge in [-0.05, 0) is 29.5 Å². The van der Waals surface area contributed by atoms with E-state index in [0.29, 0.717) is 5.69 Å². The summed E-state index contributed by atoms with van der Waals surface area (Å²) in [6.07, 6.45) is 0.727. The summed E-state index contributed by atoms with van der Waals surface area (Å²) in [5.74, 6) is -0.328. The van der Waals surface area contributed by atoms with E-state index in [4.69, 9.17) is 0 Å². The monoisotopic (exact) mass is 324 g/mol. The highest BCUT2D eigenvalue weighted by atomic mass is 32.1. The van der Waals surface area contributed by atoms with Crippen LogP contribution in [0.1, 0.15) is 29.4 Å². The quantitative estimate of drug-likeness (QED) is 0.555. The van der Waals surface area contributed by atoms with Gasteiger partial charge in [0.2, 0.25) is 0 Å². The molecule has 0 bridgehead atoms. The minimum absolute atomic E-state index is 0.320. The van der Waals surface area contributed by atoms with Crippen molar-refractivity contribution in [2.24, 2.45) is 5.10 Å². The summed E-state index contributed by atoms with van der Waals surface area (Å²) < 4.78 is 0. The fourth-order valence-electron chi connectivity index (χ4n) is 2.15. The molecule has 23 heavy (non-hydrogen) atoms. The maximum absolute atomic E-state index is 12.2. The highest BCUT2D eigenvalue weighted by Gasteiger charge is 2.12. The van der Waals surface area contributed by atoms with E-state index in [1.807, 2.05) is 54.8 Å². The molecule has 0 atom stereocenters. The van der Waals surface area contributed by atoms with Gasteiger partial charge in [-0.1, -0.05) is 43.3 Å². The molecule has 2 heterocycles. The van der Waals surface area contributed by atoms with Crippen LogP contribution in [-0.2, 0) is 0 Å².